The third-order valence-electron chi connectivity index (χ3n) is 2.36. The number of methoxy groups -OCH3 is 1. The van der Waals surface area contributed by atoms with Crippen molar-refractivity contribution in [3.05, 3.63) is 0 Å². The van der Waals surface area contributed by atoms with E-state index in [1.807, 2.05) is 0 Å². The summed E-state index contributed by atoms with van der Waals surface area (Å²) in [5, 5.41) is 2.38. The Morgan fingerprint density at radius 2 is 2.27 bits per heavy atom. The van der Waals surface area contributed by atoms with Gasteiger partial charge in [0.25, 0.3) is 0 Å². The van der Waals surface area contributed by atoms with E-state index in [1.165, 1.54) is 7.11 Å². The minimum atomic E-state index is -0.451. The van der Waals surface area contributed by atoms with Crippen LogP contribution < -0.4 is 5.32 Å². The number of ether oxygens (including phenoxy) is 1. The molecular weight excluding hydrogens is 216 g/mol. The van der Waals surface area contributed by atoms with Gasteiger partial charge in [0, 0.05) is 13.1 Å². The van der Waals surface area contributed by atoms with Crippen LogP contribution in [0.4, 0.5) is 4.79 Å². The van der Waals surface area contributed by atoms with E-state index in [1.54, 1.807) is 11.8 Å². The van der Waals surface area contributed by atoms with Gasteiger partial charge in [-0.3, -0.25) is 4.79 Å². The molecule has 2 amide bonds. The maximum absolute atomic E-state index is 11.6. The van der Waals surface area contributed by atoms with Gasteiger partial charge in [-0.1, -0.05) is 0 Å². The molecule has 1 N–H and O–H groups in total. The van der Waals surface area contributed by atoms with Crippen molar-refractivity contribution in [3.8, 4) is 0 Å². The van der Waals surface area contributed by atoms with Gasteiger partial charge in [0.1, 0.15) is 0 Å². The SMILES string of the molecule is COC(=O)NC1CCN(C(=O)C(C)S)C1. The Morgan fingerprint density at radius 1 is 1.60 bits per heavy atom. The van der Waals surface area contributed by atoms with Crippen molar-refractivity contribution in [2.75, 3.05) is 20.2 Å². The summed E-state index contributed by atoms with van der Waals surface area (Å²) in [4.78, 5) is 24.2. The summed E-state index contributed by atoms with van der Waals surface area (Å²) in [6.07, 6.45) is 0.314. The van der Waals surface area contributed by atoms with Gasteiger partial charge in [-0.05, 0) is 13.3 Å². The van der Waals surface area contributed by atoms with Crippen LogP contribution in [0.2, 0.25) is 0 Å². The Balaban J connectivity index is 2.39. The molecule has 0 aromatic heterocycles. The molecule has 0 spiro atoms. The number of amides is 2. The number of nitrogens with zero attached hydrogens (tertiary/aromatic N) is 1. The van der Waals surface area contributed by atoms with Gasteiger partial charge < -0.3 is 15.0 Å². The standard InChI is InChI=1S/C9H16N2O3S/c1-6(15)8(12)11-4-3-7(5-11)10-9(13)14-2/h6-7,15H,3-5H2,1-2H3,(H,10,13). The minimum Gasteiger partial charge on any atom is -0.453 e. The van der Waals surface area contributed by atoms with Crippen LogP contribution in [0.15, 0.2) is 0 Å². The number of hydrogen-bond acceptors (Lipinski definition) is 4. The monoisotopic (exact) mass is 232 g/mol. The molecular formula is C9H16N2O3S. The summed E-state index contributed by atoms with van der Waals surface area (Å²) >= 11 is 4.08. The van der Waals surface area contributed by atoms with Gasteiger partial charge in [-0.2, -0.15) is 12.6 Å². The second-order valence-electron chi connectivity index (χ2n) is 3.58. The molecule has 5 nitrogen and oxygen atoms in total. The first-order valence-electron chi connectivity index (χ1n) is 4.86. The molecule has 0 aromatic rings. The second kappa shape index (κ2) is 5.25. The average Bonchev–Trinajstić information content (AvgIpc) is 2.64. The van der Waals surface area contributed by atoms with E-state index in [0.717, 1.165) is 6.42 Å². The average molecular weight is 232 g/mol. The quantitative estimate of drug-likeness (QED) is 0.672. The first-order valence-corrected chi connectivity index (χ1v) is 5.37. The maximum Gasteiger partial charge on any atom is 0.407 e. The van der Waals surface area contributed by atoms with Crippen LogP contribution in [0.3, 0.4) is 0 Å². The van der Waals surface area contributed by atoms with Crippen molar-refractivity contribution in [2.45, 2.75) is 24.6 Å². The van der Waals surface area contributed by atoms with Gasteiger partial charge in [0.2, 0.25) is 5.91 Å². The topological polar surface area (TPSA) is 58.6 Å². The Kier molecular flexibility index (Phi) is 4.26. The molecule has 86 valence electrons. The van der Waals surface area contributed by atoms with Crippen molar-refractivity contribution in [3.63, 3.8) is 0 Å². The van der Waals surface area contributed by atoms with Gasteiger partial charge in [-0.25, -0.2) is 4.79 Å². The molecule has 0 saturated carbocycles. The number of hydrogen-bond donors (Lipinski definition) is 2. The number of alkyl carbamates (subject to hydrolysis) is 1. The molecule has 2 unspecified atom stereocenters. The lowest BCUT2D eigenvalue weighted by Crippen LogP contribution is -2.40. The fraction of sp³-hybridized carbons (Fsp3) is 0.778. The van der Waals surface area contributed by atoms with Crippen molar-refractivity contribution in [2.24, 2.45) is 0 Å². The first-order chi connectivity index (χ1) is 7.04. The van der Waals surface area contributed by atoms with E-state index in [2.05, 4.69) is 22.7 Å². The second-order valence-corrected chi connectivity index (χ2v) is 4.36. The number of carbonyl (C=O) groups excluding carboxylic acids is 2. The van der Waals surface area contributed by atoms with Crippen LogP contribution in [0, 0.1) is 0 Å². The van der Waals surface area contributed by atoms with Gasteiger partial charge in [0.05, 0.1) is 18.4 Å². The van der Waals surface area contributed by atoms with Crippen molar-refractivity contribution in [1.29, 1.82) is 0 Å². The van der Waals surface area contributed by atoms with Gasteiger partial charge in [-0.15, -0.1) is 0 Å². The van der Waals surface area contributed by atoms with E-state index in [-0.39, 0.29) is 17.2 Å². The molecule has 0 bridgehead atoms. The zero-order chi connectivity index (χ0) is 11.4. The maximum atomic E-state index is 11.6. The Morgan fingerprint density at radius 3 is 2.80 bits per heavy atom. The fourth-order valence-electron chi connectivity index (χ4n) is 1.57. The van der Waals surface area contributed by atoms with E-state index in [9.17, 15) is 9.59 Å². The number of likely N-dealkylation sites (tertiary alicyclic amines) is 1. The molecule has 6 heteroatoms. The molecule has 1 fully saturated rings. The molecule has 0 aromatic carbocycles. The van der Waals surface area contributed by atoms with Crippen molar-refractivity contribution >= 4 is 24.6 Å². The molecule has 1 aliphatic heterocycles. The normalized spacial score (nSPS) is 22.3. The molecule has 0 radical (unpaired) electrons. The predicted molar refractivity (Wildman–Crippen MR) is 59.0 cm³/mol. The van der Waals surface area contributed by atoms with Crippen molar-refractivity contribution in [1.82, 2.24) is 10.2 Å². The molecule has 1 rings (SSSR count). The highest BCUT2D eigenvalue weighted by Gasteiger charge is 2.28. The van der Waals surface area contributed by atoms with Crippen LogP contribution in [-0.4, -0.2) is 48.4 Å². The van der Waals surface area contributed by atoms with Gasteiger partial charge >= 0.3 is 6.09 Å². The molecule has 15 heavy (non-hydrogen) atoms. The largest absolute Gasteiger partial charge is 0.453 e. The number of nitrogens with one attached hydrogen (secondary N) is 1. The third kappa shape index (κ3) is 3.30. The zero-order valence-electron chi connectivity index (χ0n) is 8.90. The van der Waals surface area contributed by atoms with E-state index in [4.69, 9.17) is 0 Å². The third-order valence-corrected chi connectivity index (χ3v) is 2.59. The summed E-state index contributed by atoms with van der Waals surface area (Å²) in [7, 11) is 1.32. The Bertz CT molecular complexity index is 258. The molecule has 1 heterocycles. The van der Waals surface area contributed by atoms with Crippen LogP contribution in [-0.2, 0) is 9.53 Å². The fourth-order valence-corrected chi connectivity index (χ4v) is 1.73. The number of rotatable bonds is 2. The van der Waals surface area contributed by atoms with Crippen LogP contribution >= 0.6 is 12.6 Å². The van der Waals surface area contributed by atoms with Crippen LogP contribution in [0.1, 0.15) is 13.3 Å². The minimum absolute atomic E-state index is 0.00603. The summed E-state index contributed by atoms with van der Waals surface area (Å²) < 4.78 is 4.49. The summed E-state index contributed by atoms with van der Waals surface area (Å²) in [5.41, 5.74) is 0. The lowest BCUT2D eigenvalue weighted by molar-refractivity contribution is -0.129. The van der Waals surface area contributed by atoms with E-state index >= 15 is 0 Å². The lowest BCUT2D eigenvalue weighted by Gasteiger charge is -2.18. The number of carbonyl (C=O) groups is 2. The van der Waals surface area contributed by atoms with E-state index in [0.29, 0.717) is 13.1 Å². The predicted octanol–water partition coefficient (Wildman–Crippen LogP) is 0.262. The van der Waals surface area contributed by atoms with Crippen LogP contribution in [0.25, 0.3) is 0 Å². The summed E-state index contributed by atoms with van der Waals surface area (Å²) in [5.74, 6) is 0.00694. The highest BCUT2D eigenvalue weighted by atomic mass is 32.1. The van der Waals surface area contributed by atoms with Gasteiger partial charge in [0.15, 0.2) is 0 Å². The Labute approximate surface area is 94.6 Å². The molecule has 1 saturated heterocycles. The van der Waals surface area contributed by atoms with Crippen molar-refractivity contribution < 1.29 is 14.3 Å². The van der Waals surface area contributed by atoms with E-state index < -0.39 is 6.09 Å². The molecule has 1 aliphatic rings. The molecule has 2 atom stereocenters. The Hall–Kier alpha value is -0.910. The highest BCUT2D eigenvalue weighted by molar-refractivity contribution is 7.81. The first kappa shape index (κ1) is 12.2. The highest BCUT2D eigenvalue weighted by Crippen LogP contribution is 2.12. The molecule has 0 aliphatic carbocycles. The lowest BCUT2D eigenvalue weighted by atomic mass is 10.3. The summed E-state index contributed by atoms with van der Waals surface area (Å²) in [6, 6.07) is -0.00603. The van der Waals surface area contributed by atoms with Crippen LogP contribution in [0.5, 0.6) is 0 Å². The zero-order valence-corrected chi connectivity index (χ0v) is 9.79. The number of thiol groups is 1. The smallest absolute Gasteiger partial charge is 0.407 e. The summed E-state index contributed by atoms with van der Waals surface area (Å²) in [6.45, 7) is 2.95.